The molecule has 1 aliphatic heterocycles. The lowest BCUT2D eigenvalue weighted by molar-refractivity contribution is -0.137. The minimum Gasteiger partial charge on any atom is -0.360 e. The van der Waals surface area contributed by atoms with Crippen LogP contribution in [0, 0.1) is 0 Å². The minimum absolute atomic E-state index is 0.00881. The highest BCUT2D eigenvalue weighted by Crippen LogP contribution is 2.36. The number of halogens is 6. The van der Waals surface area contributed by atoms with Crippen LogP contribution in [-0.2, 0) is 17.4 Å². The molecule has 13 heteroatoms. The SMILES string of the molecule is O=C(CN1CCN(C(=O)NCCc2c[nH]c3c(Cl)cc(Cl)cc23)CC1)Nc1ccc(Cl)c(C(F)(F)F)c1. The molecule has 0 bridgehead atoms. The van der Waals surface area contributed by atoms with E-state index < -0.39 is 22.7 Å². The topological polar surface area (TPSA) is 80.5 Å². The number of aromatic nitrogens is 1. The second kappa shape index (κ2) is 11.4. The largest absolute Gasteiger partial charge is 0.417 e. The number of hydrogen-bond acceptors (Lipinski definition) is 3. The lowest BCUT2D eigenvalue weighted by Gasteiger charge is -2.34. The van der Waals surface area contributed by atoms with E-state index in [0.29, 0.717) is 49.2 Å². The normalized spacial score (nSPS) is 14.7. The summed E-state index contributed by atoms with van der Waals surface area (Å²) in [6.45, 7) is 2.14. The van der Waals surface area contributed by atoms with E-state index >= 15 is 0 Å². The van der Waals surface area contributed by atoms with Gasteiger partial charge in [-0.1, -0.05) is 34.8 Å². The number of H-pyrrole nitrogens is 1. The summed E-state index contributed by atoms with van der Waals surface area (Å²) >= 11 is 17.9. The van der Waals surface area contributed by atoms with Gasteiger partial charge in [0.15, 0.2) is 0 Å². The third-order valence-electron chi connectivity index (χ3n) is 6.04. The number of nitrogens with one attached hydrogen (secondary N) is 3. The third-order valence-corrected chi connectivity index (χ3v) is 6.89. The number of urea groups is 1. The summed E-state index contributed by atoms with van der Waals surface area (Å²) < 4.78 is 39.1. The van der Waals surface area contributed by atoms with Crippen molar-refractivity contribution in [1.29, 1.82) is 0 Å². The van der Waals surface area contributed by atoms with E-state index in [1.807, 2.05) is 17.2 Å². The van der Waals surface area contributed by atoms with E-state index in [-0.39, 0.29) is 18.3 Å². The van der Waals surface area contributed by atoms with Crippen LogP contribution in [0.3, 0.4) is 0 Å². The van der Waals surface area contributed by atoms with Gasteiger partial charge in [-0.15, -0.1) is 0 Å². The van der Waals surface area contributed by atoms with Gasteiger partial charge in [0.05, 0.1) is 27.7 Å². The van der Waals surface area contributed by atoms with Crippen molar-refractivity contribution in [1.82, 2.24) is 20.1 Å². The number of nitrogens with zero attached hydrogens (tertiary/aromatic N) is 2. The number of carbonyl (C=O) groups excluding carboxylic acids is 2. The van der Waals surface area contributed by atoms with Gasteiger partial charge in [-0.05, 0) is 42.3 Å². The standard InChI is InChI=1S/C24H23Cl3F3N5O2/c25-15-9-17-14(12-32-22(17)20(27)10-15)3-4-31-23(37)35-7-5-34(6-8-35)13-21(36)33-16-1-2-19(26)18(11-16)24(28,29)30/h1-2,9-12,32H,3-8,13H2,(H,31,37)(H,33,36). The predicted octanol–water partition coefficient (Wildman–Crippen LogP) is 5.66. The molecule has 2 heterocycles. The number of fused-ring (bicyclic) bond motifs is 1. The smallest absolute Gasteiger partial charge is 0.360 e. The van der Waals surface area contributed by atoms with E-state index in [1.165, 1.54) is 6.07 Å². The van der Waals surface area contributed by atoms with Crippen LogP contribution in [0.5, 0.6) is 0 Å². The quantitative estimate of drug-likeness (QED) is 0.355. The molecule has 1 fully saturated rings. The number of amides is 3. The van der Waals surface area contributed by atoms with Crippen LogP contribution >= 0.6 is 34.8 Å². The summed E-state index contributed by atoms with van der Waals surface area (Å²) in [5.74, 6) is -0.452. The number of benzene rings is 2. The summed E-state index contributed by atoms with van der Waals surface area (Å²) in [7, 11) is 0. The van der Waals surface area contributed by atoms with Crippen molar-refractivity contribution in [3.63, 3.8) is 0 Å². The van der Waals surface area contributed by atoms with Gasteiger partial charge in [-0.3, -0.25) is 9.69 Å². The van der Waals surface area contributed by atoms with Crippen molar-refractivity contribution >= 4 is 63.3 Å². The van der Waals surface area contributed by atoms with Crippen LogP contribution < -0.4 is 10.6 Å². The fourth-order valence-electron chi connectivity index (χ4n) is 4.17. The summed E-state index contributed by atoms with van der Waals surface area (Å²) in [5.41, 5.74) is 0.784. The Hall–Kier alpha value is -2.66. The Morgan fingerprint density at radius 1 is 1.00 bits per heavy atom. The Labute approximate surface area is 225 Å². The first-order chi connectivity index (χ1) is 17.5. The maximum Gasteiger partial charge on any atom is 0.417 e. The first-order valence-corrected chi connectivity index (χ1v) is 12.5. The van der Waals surface area contributed by atoms with Gasteiger partial charge in [0.1, 0.15) is 0 Å². The molecular weight excluding hydrogens is 554 g/mol. The fourth-order valence-corrected chi connectivity index (χ4v) is 4.94. The van der Waals surface area contributed by atoms with Crippen LogP contribution in [0.2, 0.25) is 15.1 Å². The first-order valence-electron chi connectivity index (χ1n) is 11.4. The lowest BCUT2D eigenvalue weighted by atomic mass is 10.1. The van der Waals surface area contributed by atoms with E-state index in [4.69, 9.17) is 34.8 Å². The Bertz CT molecular complexity index is 1310. The molecule has 3 amide bonds. The molecule has 3 N–H and O–H groups in total. The Morgan fingerprint density at radius 3 is 2.43 bits per heavy atom. The van der Waals surface area contributed by atoms with Gasteiger partial charge in [0.2, 0.25) is 5.91 Å². The molecule has 0 spiro atoms. The van der Waals surface area contributed by atoms with Crippen LogP contribution in [0.15, 0.2) is 36.5 Å². The van der Waals surface area contributed by atoms with E-state index in [2.05, 4.69) is 15.6 Å². The summed E-state index contributed by atoms with van der Waals surface area (Å²) in [6.07, 6.45) is -2.19. The van der Waals surface area contributed by atoms with Crippen molar-refractivity contribution in [2.75, 3.05) is 44.6 Å². The highest BCUT2D eigenvalue weighted by Gasteiger charge is 2.33. The highest BCUT2D eigenvalue weighted by atomic mass is 35.5. The summed E-state index contributed by atoms with van der Waals surface area (Å²) in [5, 5.41) is 6.91. The Morgan fingerprint density at radius 2 is 1.73 bits per heavy atom. The van der Waals surface area contributed by atoms with Gasteiger partial charge in [0, 0.05) is 55.0 Å². The van der Waals surface area contributed by atoms with Crippen molar-refractivity contribution in [2.45, 2.75) is 12.6 Å². The number of rotatable bonds is 6. The number of anilines is 1. The predicted molar refractivity (Wildman–Crippen MR) is 139 cm³/mol. The zero-order valence-corrected chi connectivity index (χ0v) is 21.7. The van der Waals surface area contributed by atoms with Crippen molar-refractivity contribution in [3.05, 3.63) is 62.7 Å². The molecule has 0 aliphatic carbocycles. The van der Waals surface area contributed by atoms with Gasteiger partial charge in [-0.25, -0.2) is 4.79 Å². The van der Waals surface area contributed by atoms with Crippen LogP contribution in [0.25, 0.3) is 10.9 Å². The van der Waals surface area contributed by atoms with Crippen molar-refractivity contribution in [2.24, 2.45) is 0 Å². The maximum atomic E-state index is 13.0. The lowest BCUT2D eigenvalue weighted by Crippen LogP contribution is -2.53. The van der Waals surface area contributed by atoms with E-state index in [9.17, 15) is 22.8 Å². The average Bonchev–Trinajstić information content (AvgIpc) is 3.23. The van der Waals surface area contributed by atoms with Crippen LogP contribution in [-0.4, -0.2) is 66.0 Å². The Balaban J connectivity index is 1.21. The third kappa shape index (κ3) is 6.81. The van der Waals surface area contributed by atoms with Gasteiger partial charge in [-0.2, -0.15) is 13.2 Å². The molecule has 1 aliphatic rings. The molecule has 198 valence electrons. The number of hydrogen-bond donors (Lipinski definition) is 3. The number of alkyl halides is 3. The Kier molecular flexibility index (Phi) is 8.42. The zero-order valence-electron chi connectivity index (χ0n) is 19.4. The second-order valence-electron chi connectivity index (χ2n) is 8.61. The van der Waals surface area contributed by atoms with Gasteiger partial charge in [0.25, 0.3) is 0 Å². The second-order valence-corrected chi connectivity index (χ2v) is 9.86. The molecule has 0 unspecified atom stereocenters. The molecule has 0 atom stereocenters. The van der Waals surface area contributed by atoms with Gasteiger partial charge < -0.3 is 20.5 Å². The van der Waals surface area contributed by atoms with E-state index in [1.54, 1.807) is 11.0 Å². The molecule has 2 aromatic carbocycles. The summed E-state index contributed by atoms with van der Waals surface area (Å²) in [6, 6.07) is 6.51. The molecule has 37 heavy (non-hydrogen) atoms. The maximum absolute atomic E-state index is 13.0. The fraction of sp³-hybridized carbons (Fsp3) is 0.333. The van der Waals surface area contributed by atoms with E-state index in [0.717, 1.165) is 28.6 Å². The molecule has 1 aromatic heterocycles. The monoisotopic (exact) mass is 575 g/mol. The highest BCUT2D eigenvalue weighted by molar-refractivity contribution is 6.38. The molecule has 0 radical (unpaired) electrons. The first kappa shape index (κ1) is 27.4. The number of piperazine rings is 1. The molecule has 7 nitrogen and oxygen atoms in total. The minimum atomic E-state index is -4.62. The van der Waals surface area contributed by atoms with Crippen molar-refractivity contribution in [3.8, 4) is 0 Å². The number of aromatic amines is 1. The van der Waals surface area contributed by atoms with Crippen molar-refractivity contribution < 1.29 is 22.8 Å². The van der Waals surface area contributed by atoms with Crippen LogP contribution in [0.1, 0.15) is 11.1 Å². The summed E-state index contributed by atoms with van der Waals surface area (Å²) in [4.78, 5) is 31.5. The molecule has 3 aromatic rings. The van der Waals surface area contributed by atoms with Crippen LogP contribution in [0.4, 0.5) is 23.7 Å². The van der Waals surface area contributed by atoms with Gasteiger partial charge >= 0.3 is 12.2 Å². The molecule has 0 saturated carbocycles. The molecular formula is C24H23Cl3F3N5O2. The molecule has 1 saturated heterocycles. The number of carbonyl (C=O) groups is 2. The average molecular weight is 577 g/mol. The zero-order chi connectivity index (χ0) is 26.7. The molecule has 4 rings (SSSR count).